The fourth-order valence-corrected chi connectivity index (χ4v) is 12.8. The first-order valence-electron chi connectivity index (χ1n) is 23.5. The molecule has 0 amide bonds. The highest BCUT2D eigenvalue weighted by molar-refractivity contribution is 5.91. The van der Waals surface area contributed by atoms with Crippen molar-refractivity contribution in [2.45, 2.75) is 127 Å². The highest BCUT2D eigenvalue weighted by Crippen LogP contribution is 2.55. The van der Waals surface area contributed by atoms with Crippen LogP contribution in [0.1, 0.15) is 149 Å². The highest BCUT2D eigenvalue weighted by Gasteiger charge is 2.40. The Morgan fingerprint density at radius 3 is 1.78 bits per heavy atom. The Kier molecular flexibility index (Phi) is 9.63. The molecule has 1 heteroatoms. The molecule has 4 fully saturated rings. The smallest absolute Gasteiger partial charge is 0.0540 e. The summed E-state index contributed by atoms with van der Waals surface area (Å²) in [5, 5.41) is 0. The van der Waals surface area contributed by atoms with E-state index in [0.717, 1.165) is 23.7 Å². The first-order valence-corrected chi connectivity index (χ1v) is 23.5. The minimum absolute atomic E-state index is 0.136. The minimum Gasteiger partial charge on any atom is -0.310 e. The maximum absolute atomic E-state index is 2.58. The summed E-state index contributed by atoms with van der Waals surface area (Å²) in [5.41, 5.74) is 19.2. The monoisotopic (exact) mass is 771 g/mol. The van der Waals surface area contributed by atoms with Crippen molar-refractivity contribution in [1.29, 1.82) is 0 Å². The predicted octanol–water partition coefficient (Wildman–Crippen LogP) is 16.8. The Morgan fingerprint density at radius 2 is 1.07 bits per heavy atom. The number of anilines is 3. The van der Waals surface area contributed by atoms with E-state index in [0.29, 0.717) is 5.92 Å². The number of rotatable bonds is 8. The lowest BCUT2D eigenvalue weighted by molar-refractivity contribution is 0.420. The molecular formula is C58H61N. The average Bonchev–Trinajstić information content (AvgIpc) is 4.00. The second-order valence-electron chi connectivity index (χ2n) is 19.7. The van der Waals surface area contributed by atoms with Gasteiger partial charge in [0.05, 0.1) is 5.69 Å². The van der Waals surface area contributed by atoms with Crippen molar-refractivity contribution in [2.75, 3.05) is 4.90 Å². The fraction of sp³-hybridized carbons (Fsp3) is 0.379. The molecule has 3 atom stereocenters. The lowest BCUT2D eigenvalue weighted by atomic mass is 9.80. The third-order valence-corrected chi connectivity index (χ3v) is 16.0. The molecule has 298 valence electrons. The SMILES string of the molecule is CC1(C)c2cc(-c3ccc(C4CCCCC4)cc3)ccc2-c2ccc(N(c3ccc(C4CC5CCC4C5)cc3)c3ccccc3-c3ccccc3C3CCCCC3)cc21. The van der Waals surface area contributed by atoms with Crippen LogP contribution >= 0.6 is 0 Å². The number of para-hydroxylation sites is 1. The molecule has 0 saturated heterocycles. The van der Waals surface area contributed by atoms with Crippen LogP contribution in [-0.4, -0.2) is 0 Å². The summed E-state index contributed by atoms with van der Waals surface area (Å²) < 4.78 is 0. The van der Waals surface area contributed by atoms with Gasteiger partial charge in [0.2, 0.25) is 0 Å². The molecule has 2 bridgehead atoms. The van der Waals surface area contributed by atoms with E-state index in [1.54, 1.807) is 5.56 Å². The number of nitrogens with zero attached hydrogens (tertiary/aromatic N) is 1. The summed E-state index contributed by atoms with van der Waals surface area (Å²) in [6, 6.07) is 52.6. The normalized spacial score (nSPS) is 22.3. The Balaban J connectivity index is 0.986. The van der Waals surface area contributed by atoms with Gasteiger partial charge in [-0.15, -0.1) is 0 Å². The van der Waals surface area contributed by atoms with Gasteiger partial charge in [0, 0.05) is 22.4 Å². The van der Waals surface area contributed by atoms with Crippen molar-refractivity contribution in [3.05, 3.63) is 161 Å². The highest BCUT2D eigenvalue weighted by atomic mass is 15.1. The lowest BCUT2D eigenvalue weighted by Gasteiger charge is -2.31. The molecule has 0 aliphatic heterocycles. The Hall–Kier alpha value is -4.88. The molecule has 6 aromatic carbocycles. The molecule has 1 nitrogen and oxygen atoms in total. The van der Waals surface area contributed by atoms with Crippen molar-refractivity contribution in [1.82, 2.24) is 0 Å². The Bertz CT molecular complexity index is 2460. The topological polar surface area (TPSA) is 3.24 Å². The van der Waals surface area contributed by atoms with E-state index >= 15 is 0 Å². The molecular weight excluding hydrogens is 711 g/mol. The van der Waals surface area contributed by atoms with E-state index in [4.69, 9.17) is 0 Å². The van der Waals surface area contributed by atoms with Gasteiger partial charge in [0.15, 0.2) is 0 Å². The van der Waals surface area contributed by atoms with Crippen LogP contribution < -0.4 is 4.90 Å². The molecule has 0 radical (unpaired) electrons. The van der Waals surface area contributed by atoms with Crippen LogP contribution in [0.4, 0.5) is 17.1 Å². The van der Waals surface area contributed by atoms with E-state index in [1.807, 2.05) is 0 Å². The Morgan fingerprint density at radius 1 is 0.458 bits per heavy atom. The van der Waals surface area contributed by atoms with Crippen LogP contribution in [0.3, 0.4) is 0 Å². The molecule has 5 aliphatic carbocycles. The second kappa shape index (κ2) is 15.3. The fourth-order valence-electron chi connectivity index (χ4n) is 12.8. The zero-order valence-corrected chi connectivity index (χ0v) is 35.4. The molecule has 0 aromatic heterocycles. The summed E-state index contributed by atoms with van der Waals surface area (Å²) >= 11 is 0. The maximum Gasteiger partial charge on any atom is 0.0540 e. The van der Waals surface area contributed by atoms with Crippen molar-refractivity contribution in [3.8, 4) is 33.4 Å². The molecule has 3 unspecified atom stereocenters. The van der Waals surface area contributed by atoms with E-state index in [1.165, 1.54) is 163 Å². The summed E-state index contributed by atoms with van der Waals surface area (Å²) in [7, 11) is 0. The summed E-state index contributed by atoms with van der Waals surface area (Å²) in [4.78, 5) is 2.58. The van der Waals surface area contributed by atoms with Crippen molar-refractivity contribution in [3.63, 3.8) is 0 Å². The van der Waals surface area contributed by atoms with E-state index in [9.17, 15) is 0 Å². The number of fused-ring (bicyclic) bond motifs is 5. The second-order valence-corrected chi connectivity index (χ2v) is 19.7. The van der Waals surface area contributed by atoms with Gasteiger partial charge >= 0.3 is 0 Å². The van der Waals surface area contributed by atoms with Crippen LogP contribution in [0.15, 0.2) is 133 Å². The molecule has 6 aromatic rings. The summed E-state index contributed by atoms with van der Waals surface area (Å²) in [5.74, 6) is 3.91. The van der Waals surface area contributed by atoms with Gasteiger partial charge in [-0.2, -0.15) is 0 Å². The predicted molar refractivity (Wildman–Crippen MR) is 249 cm³/mol. The maximum atomic E-state index is 2.58. The van der Waals surface area contributed by atoms with Gasteiger partial charge in [-0.05, 0) is 167 Å². The Labute approximate surface area is 353 Å². The quantitative estimate of drug-likeness (QED) is 0.149. The van der Waals surface area contributed by atoms with Gasteiger partial charge in [0.1, 0.15) is 0 Å². The molecule has 0 spiro atoms. The van der Waals surface area contributed by atoms with Crippen LogP contribution in [-0.2, 0) is 5.41 Å². The molecule has 0 heterocycles. The van der Waals surface area contributed by atoms with Crippen molar-refractivity contribution >= 4 is 17.1 Å². The zero-order chi connectivity index (χ0) is 39.5. The molecule has 59 heavy (non-hydrogen) atoms. The third-order valence-electron chi connectivity index (χ3n) is 16.0. The van der Waals surface area contributed by atoms with Crippen LogP contribution in [0.5, 0.6) is 0 Å². The number of hydrogen-bond donors (Lipinski definition) is 0. The molecule has 0 N–H and O–H groups in total. The number of benzene rings is 6. The summed E-state index contributed by atoms with van der Waals surface area (Å²) in [6.45, 7) is 4.89. The van der Waals surface area contributed by atoms with E-state index < -0.39 is 0 Å². The van der Waals surface area contributed by atoms with E-state index in [2.05, 4.69) is 152 Å². The first kappa shape index (κ1) is 37.1. The molecule has 4 saturated carbocycles. The standard InChI is InChI=1S/C58H61N/c1-58(2)55-37-45(42-25-23-41(24-26-42)40-13-5-3-6-14-40)29-33-51(55)52-34-32-48(38-56(52)58)59(47-30-27-44(28-31-47)54-36-39-21-22-46(54)35-39)57-20-12-11-19-53(57)50-18-10-9-17-49(50)43-15-7-4-8-16-43/h9-12,17-20,23-34,37-40,43,46,54H,3-8,13-16,21-22,35-36H2,1-2H3. The van der Waals surface area contributed by atoms with Crippen LogP contribution in [0.25, 0.3) is 33.4 Å². The minimum atomic E-state index is -0.136. The van der Waals surface area contributed by atoms with Crippen LogP contribution in [0.2, 0.25) is 0 Å². The third kappa shape index (κ3) is 6.68. The van der Waals surface area contributed by atoms with Crippen molar-refractivity contribution < 1.29 is 0 Å². The van der Waals surface area contributed by atoms with Crippen molar-refractivity contribution in [2.24, 2.45) is 11.8 Å². The van der Waals surface area contributed by atoms with Crippen LogP contribution in [0, 0.1) is 11.8 Å². The van der Waals surface area contributed by atoms with Gasteiger partial charge < -0.3 is 4.90 Å². The molecule has 11 rings (SSSR count). The van der Waals surface area contributed by atoms with Gasteiger partial charge in [-0.3, -0.25) is 0 Å². The lowest BCUT2D eigenvalue weighted by Crippen LogP contribution is -2.17. The van der Waals surface area contributed by atoms with E-state index in [-0.39, 0.29) is 5.41 Å². The van der Waals surface area contributed by atoms with Gasteiger partial charge in [-0.25, -0.2) is 0 Å². The zero-order valence-electron chi connectivity index (χ0n) is 35.4. The number of hydrogen-bond acceptors (Lipinski definition) is 1. The average molecular weight is 772 g/mol. The molecule has 5 aliphatic rings. The van der Waals surface area contributed by atoms with Gasteiger partial charge in [-0.1, -0.05) is 156 Å². The summed E-state index contributed by atoms with van der Waals surface area (Å²) in [6.07, 6.45) is 19.1. The van der Waals surface area contributed by atoms with Gasteiger partial charge in [0.25, 0.3) is 0 Å². The first-order chi connectivity index (χ1) is 29.0. The largest absolute Gasteiger partial charge is 0.310 e.